The number of rotatable bonds is 0. The molecule has 0 amide bonds. The van der Waals surface area contributed by atoms with Crippen LogP contribution in [-0.2, 0) is 9.13 Å². The second-order valence-corrected chi connectivity index (χ2v) is 4.28. The van der Waals surface area contributed by atoms with E-state index in [-0.39, 0.29) is 0 Å². The predicted molar refractivity (Wildman–Crippen MR) is 32.2 cm³/mol. The van der Waals surface area contributed by atoms with Gasteiger partial charge < -0.3 is 24.5 Å². The van der Waals surface area contributed by atoms with Crippen LogP contribution in [0.5, 0.6) is 0 Å². The highest BCUT2D eigenvalue weighted by atomic mass is 35.7. The van der Waals surface area contributed by atoms with E-state index in [1.54, 1.807) is 0 Å². The van der Waals surface area contributed by atoms with Crippen LogP contribution in [0.4, 0.5) is 0 Å². The smallest absolute Gasteiger partial charge is 0.313 e. The molecule has 0 aliphatic carbocycles. The minimum Gasteiger partial charge on any atom is -0.313 e. The Morgan fingerprint density at radius 1 is 0.900 bits per heavy atom. The Kier molecular flexibility index (Phi) is 5.83. The SMILES string of the molecule is O=P(O)(O)Cl.O=P(O)(O)O. The van der Waals surface area contributed by atoms with Gasteiger partial charge in [0.05, 0.1) is 0 Å². The highest BCUT2D eigenvalue weighted by Crippen LogP contribution is 2.39. The van der Waals surface area contributed by atoms with Crippen molar-refractivity contribution < 1.29 is 33.6 Å². The third-order valence-corrected chi connectivity index (χ3v) is 0. The van der Waals surface area contributed by atoms with Crippen LogP contribution in [0, 0.1) is 0 Å². The fourth-order valence-electron chi connectivity index (χ4n) is 0. The summed E-state index contributed by atoms with van der Waals surface area (Å²) < 4.78 is 18.0. The molecule has 10 heavy (non-hydrogen) atoms. The molecule has 0 heterocycles. The van der Waals surface area contributed by atoms with Crippen LogP contribution in [0.3, 0.4) is 0 Å². The van der Waals surface area contributed by atoms with Crippen LogP contribution in [0.1, 0.15) is 0 Å². The van der Waals surface area contributed by atoms with Crippen molar-refractivity contribution in [1.29, 1.82) is 0 Å². The summed E-state index contributed by atoms with van der Waals surface area (Å²) in [5.41, 5.74) is 0. The summed E-state index contributed by atoms with van der Waals surface area (Å²) in [5, 5.41) is 0. The number of halogens is 1. The topological polar surface area (TPSA) is 135 Å². The molecule has 5 N–H and O–H groups in total. The lowest BCUT2D eigenvalue weighted by Gasteiger charge is -1.82. The van der Waals surface area contributed by atoms with Crippen LogP contribution >= 0.6 is 26.0 Å². The third kappa shape index (κ3) is 1610. The van der Waals surface area contributed by atoms with Crippen molar-refractivity contribution in [2.45, 2.75) is 0 Å². The number of hydrogen-bond acceptors (Lipinski definition) is 2. The maximum atomic E-state index is 9.09. The molecule has 64 valence electrons. The Hall–Kier alpha value is 0.550. The van der Waals surface area contributed by atoms with Crippen molar-refractivity contribution in [1.82, 2.24) is 0 Å². The van der Waals surface area contributed by atoms with Crippen LogP contribution in [0.25, 0.3) is 0 Å². The minimum absolute atomic E-state index is 4.17. The number of phosphoric acid groups is 1. The van der Waals surface area contributed by atoms with E-state index < -0.39 is 14.8 Å². The first kappa shape index (κ1) is 13.2. The van der Waals surface area contributed by atoms with Crippen molar-refractivity contribution in [3.05, 3.63) is 0 Å². The zero-order valence-electron chi connectivity index (χ0n) is 4.32. The van der Waals surface area contributed by atoms with Crippen molar-refractivity contribution >= 4 is 26.0 Å². The standard InChI is InChI=1S/ClH2O3P.H3O4P/c2*1-5(2,3)4/h(H2,2,3,4);(H3,1,2,3,4). The second kappa shape index (κ2) is 4.43. The van der Waals surface area contributed by atoms with E-state index >= 15 is 0 Å². The third-order valence-electron chi connectivity index (χ3n) is 0. The molecule has 0 aromatic heterocycles. The van der Waals surface area contributed by atoms with Crippen LogP contribution in [-0.4, -0.2) is 24.5 Å². The van der Waals surface area contributed by atoms with E-state index in [1.807, 2.05) is 0 Å². The lowest BCUT2D eigenvalue weighted by Crippen LogP contribution is -1.66. The normalized spacial score (nSPS) is 11.8. The molecule has 0 saturated carbocycles. The summed E-state index contributed by atoms with van der Waals surface area (Å²) in [7, 11) is -4.64. The molecule has 0 rings (SSSR count). The molecule has 7 nitrogen and oxygen atoms in total. The average Bonchev–Trinajstić information content (AvgIpc) is 1.12. The van der Waals surface area contributed by atoms with Crippen molar-refractivity contribution in [2.75, 3.05) is 0 Å². The minimum atomic E-state index is -4.64. The lowest BCUT2D eigenvalue weighted by atomic mass is 15.8. The number of hydrogen-bond donors (Lipinski definition) is 5. The molecule has 0 unspecified atom stereocenters. The predicted octanol–water partition coefficient (Wildman–Crippen LogP) is -0.611. The summed E-state index contributed by atoms with van der Waals surface area (Å²) in [5.74, 6) is 0. The van der Waals surface area contributed by atoms with Gasteiger partial charge in [0, 0.05) is 11.2 Å². The molecule has 0 fully saturated rings. The van der Waals surface area contributed by atoms with Gasteiger partial charge in [0.2, 0.25) is 0 Å². The van der Waals surface area contributed by atoms with Crippen LogP contribution < -0.4 is 0 Å². The van der Waals surface area contributed by atoms with Crippen molar-refractivity contribution in [3.8, 4) is 0 Å². The van der Waals surface area contributed by atoms with Crippen LogP contribution in [0.2, 0.25) is 0 Å². The van der Waals surface area contributed by atoms with Gasteiger partial charge in [0.15, 0.2) is 0 Å². The van der Waals surface area contributed by atoms with Gasteiger partial charge in [-0.25, -0.2) is 9.13 Å². The van der Waals surface area contributed by atoms with Gasteiger partial charge in [0.1, 0.15) is 0 Å². The van der Waals surface area contributed by atoms with Gasteiger partial charge in [-0.3, -0.25) is 0 Å². The Morgan fingerprint density at radius 3 is 0.900 bits per heavy atom. The molecular formula is H5ClO7P2. The van der Waals surface area contributed by atoms with Gasteiger partial charge in [-0.1, -0.05) is 0 Å². The Labute approximate surface area is 60.5 Å². The van der Waals surface area contributed by atoms with Crippen molar-refractivity contribution in [2.24, 2.45) is 0 Å². The molecule has 0 spiro atoms. The average molecular weight is 214 g/mol. The summed E-state index contributed by atoms with van der Waals surface area (Å²) in [6, 6.07) is 0. The lowest BCUT2D eigenvalue weighted by molar-refractivity contribution is 0.275. The molecule has 0 aliphatic rings. The quantitative estimate of drug-likeness (QED) is 0.339. The zero-order chi connectivity index (χ0) is 9.00. The van der Waals surface area contributed by atoms with E-state index in [4.69, 9.17) is 33.6 Å². The van der Waals surface area contributed by atoms with Gasteiger partial charge in [-0.2, -0.15) is 0 Å². The first-order valence-corrected chi connectivity index (χ1v) is 5.62. The van der Waals surface area contributed by atoms with Crippen LogP contribution in [0.15, 0.2) is 0 Å². The molecule has 10 heteroatoms. The summed E-state index contributed by atoms with van der Waals surface area (Å²) in [6.45, 7) is -4.17. The maximum absolute atomic E-state index is 9.09. The van der Waals surface area contributed by atoms with Gasteiger partial charge >= 0.3 is 14.8 Å². The molecule has 0 aromatic carbocycles. The fraction of sp³-hybridized carbons (Fsp3) is 0. The summed E-state index contributed by atoms with van der Waals surface area (Å²) in [6.07, 6.45) is 0. The monoisotopic (exact) mass is 214 g/mol. The molecule has 0 bridgehead atoms. The van der Waals surface area contributed by atoms with Gasteiger partial charge in [-0.15, -0.1) is 0 Å². The molecule has 0 aliphatic heterocycles. The van der Waals surface area contributed by atoms with Crippen molar-refractivity contribution in [3.63, 3.8) is 0 Å². The highest BCUT2D eigenvalue weighted by Gasteiger charge is 2.01. The first-order chi connectivity index (χ1) is 4.00. The molecular weight excluding hydrogens is 209 g/mol. The van der Waals surface area contributed by atoms with E-state index in [0.717, 1.165) is 0 Å². The molecule has 0 radical (unpaired) electrons. The largest absolute Gasteiger partial charge is 0.466 e. The second-order valence-electron chi connectivity index (χ2n) is 0.986. The van der Waals surface area contributed by atoms with E-state index in [2.05, 4.69) is 11.2 Å². The Morgan fingerprint density at radius 2 is 0.900 bits per heavy atom. The first-order valence-electron chi connectivity index (χ1n) is 1.53. The van der Waals surface area contributed by atoms with Gasteiger partial charge in [-0.05, 0) is 0 Å². The van der Waals surface area contributed by atoms with E-state index in [1.165, 1.54) is 0 Å². The maximum Gasteiger partial charge on any atom is 0.466 e. The highest BCUT2D eigenvalue weighted by molar-refractivity contribution is 7.79. The van der Waals surface area contributed by atoms with E-state index in [9.17, 15) is 0 Å². The summed E-state index contributed by atoms with van der Waals surface area (Å²) in [4.78, 5) is 36.4. The Bertz CT molecular complexity index is 124. The van der Waals surface area contributed by atoms with Gasteiger partial charge in [0.25, 0.3) is 0 Å². The fourth-order valence-corrected chi connectivity index (χ4v) is 0. The summed E-state index contributed by atoms with van der Waals surface area (Å²) >= 11 is 4.20. The molecule has 0 atom stereocenters. The molecule has 0 saturated heterocycles. The zero-order valence-corrected chi connectivity index (χ0v) is 6.87. The van der Waals surface area contributed by atoms with E-state index in [0.29, 0.717) is 0 Å². The molecule has 0 aromatic rings. The Balaban J connectivity index is 0.